The van der Waals surface area contributed by atoms with Crippen molar-refractivity contribution in [1.82, 2.24) is 4.90 Å². The van der Waals surface area contributed by atoms with Gasteiger partial charge >= 0.3 is 0 Å². The summed E-state index contributed by atoms with van der Waals surface area (Å²) in [6, 6.07) is 14.1. The van der Waals surface area contributed by atoms with Crippen LogP contribution in [0.2, 0.25) is 0 Å². The van der Waals surface area contributed by atoms with E-state index in [2.05, 4.69) is 47.9 Å². The van der Waals surface area contributed by atoms with Gasteiger partial charge in [0.2, 0.25) is 0 Å². The summed E-state index contributed by atoms with van der Waals surface area (Å²) in [4.78, 5) is 17.3. The minimum atomic E-state index is 0.00174. The van der Waals surface area contributed by atoms with Crippen molar-refractivity contribution >= 4 is 17.5 Å². The van der Waals surface area contributed by atoms with Crippen molar-refractivity contribution in [2.75, 3.05) is 39.2 Å². The SMILES string of the molecule is CCCCN(CCCC)c1cccc(C=CC(=O)c2ccc(OC)c(CN(C)C)c2)c1. The first-order valence-corrected chi connectivity index (χ1v) is 11.4. The first-order chi connectivity index (χ1) is 15.0. The molecule has 0 saturated heterocycles. The predicted octanol–water partition coefficient (Wildman–Crippen LogP) is 6.06. The van der Waals surface area contributed by atoms with E-state index in [9.17, 15) is 4.79 Å². The fraction of sp³-hybridized carbons (Fsp3) is 0.444. The molecule has 0 aliphatic heterocycles. The first kappa shape index (κ1) is 24.7. The third-order valence-electron chi connectivity index (χ3n) is 5.28. The van der Waals surface area contributed by atoms with Crippen molar-refractivity contribution in [1.29, 1.82) is 0 Å². The molecule has 2 aromatic rings. The fourth-order valence-corrected chi connectivity index (χ4v) is 3.56. The molecule has 0 radical (unpaired) electrons. The number of carbonyl (C=O) groups is 1. The number of ketones is 1. The molecule has 2 rings (SSSR count). The Morgan fingerprint density at radius 2 is 1.71 bits per heavy atom. The minimum absolute atomic E-state index is 0.00174. The van der Waals surface area contributed by atoms with E-state index in [1.807, 2.05) is 38.4 Å². The lowest BCUT2D eigenvalue weighted by atomic mass is 10.0. The van der Waals surface area contributed by atoms with E-state index < -0.39 is 0 Å². The molecule has 0 fully saturated rings. The van der Waals surface area contributed by atoms with E-state index in [0.29, 0.717) is 5.56 Å². The summed E-state index contributed by atoms with van der Waals surface area (Å²) in [6.07, 6.45) is 8.34. The van der Waals surface area contributed by atoms with Crippen LogP contribution < -0.4 is 9.64 Å². The van der Waals surface area contributed by atoms with Crippen molar-refractivity contribution in [3.63, 3.8) is 0 Å². The van der Waals surface area contributed by atoms with Crippen LogP contribution >= 0.6 is 0 Å². The van der Waals surface area contributed by atoms with E-state index in [-0.39, 0.29) is 5.78 Å². The summed E-state index contributed by atoms with van der Waals surface area (Å²) >= 11 is 0. The highest BCUT2D eigenvalue weighted by Crippen LogP contribution is 2.22. The zero-order valence-electron chi connectivity index (χ0n) is 19.9. The van der Waals surface area contributed by atoms with Crippen molar-refractivity contribution in [2.45, 2.75) is 46.1 Å². The average molecular weight is 423 g/mol. The lowest BCUT2D eigenvalue weighted by Gasteiger charge is -2.25. The third kappa shape index (κ3) is 7.87. The van der Waals surface area contributed by atoms with E-state index in [0.717, 1.165) is 36.5 Å². The first-order valence-electron chi connectivity index (χ1n) is 11.4. The Bertz CT molecular complexity index is 850. The lowest BCUT2D eigenvalue weighted by Crippen LogP contribution is -2.25. The van der Waals surface area contributed by atoms with Gasteiger partial charge in [-0.25, -0.2) is 0 Å². The van der Waals surface area contributed by atoms with Gasteiger partial charge in [-0.1, -0.05) is 44.9 Å². The highest BCUT2D eigenvalue weighted by molar-refractivity contribution is 6.07. The molecule has 2 aromatic carbocycles. The van der Waals surface area contributed by atoms with Gasteiger partial charge in [-0.15, -0.1) is 0 Å². The number of unbranched alkanes of at least 4 members (excludes halogenated alkanes) is 2. The Morgan fingerprint density at radius 3 is 2.32 bits per heavy atom. The number of hydrogen-bond acceptors (Lipinski definition) is 4. The van der Waals surface area contributed by atoms with Gasteiger partial charge in [-0.3, -0.25) is 4.79 Å². The fourth-order valence-electron chi connectivity index (χ4n) is 3.56. The van der Waals surface area contributed by atoms with Crippen LogP contribution in [0, 0.1) is 0 Å². The van der Waals surface area contributed by atoms with Gasteiger partial charge in [-0.05, 0) is 68.9 Å². The number of carbonyl (C=O) groups excluding carboxylic acids is 1. The molecule has 0 heterocycles. The molecule has 0 unspecified atom stereocenters. The summed E-state index contributed by atoms with van der Waals surface area (Å²) in [5.74, 6) is 0.808. The summed E-state index contributed by atoms with van der Waals surface area (Å²) < 4.78 is 5.44. The predicted molar refractivity (Wildman–Crippen MR) is 132 cm³/mol. The van der Waals surface area contributed by atoms with Gasteiger partial charge < -0.3 is 14.5 Å². The van der Waals surface area contributed by atoms with E-state index in [1.54, 1.807) is 13.2 Å². The van der Waals surface area contributed by atoms with Crippen LogP contribution in [-0.4, -0.2) is 45.0 Å². The maximum Gasteiger partial charge on any atom is 0.185 e. The summed E-state index contributed by atoms with van der Waals surface area (Å²) in [6.45, 7) is 7.32. The second-order valence-corrected chi connectivity index (χ2v) is 8.25. The Balaban J connectivity index is 2.17. The molecule has 0 aliphatic carbocycles. The van der Waals surface area contributed by atoms with Crippen molar-refractivity contribution in [3.8, 4) is 5.75 Å². The maximum absolute atomic E-state index is 12.8. The molecule has 0 saturated carbocycles. The summed E-state index contributed by atoms with van der Waals surface area (Å²) in [5.41, 5.74) is 3.97. The van der Waals surface area contributed by atoms with Gasteiger partial charge in [0.15, 0.2) is 5.78 Å². The molecular formula is C27H38N2O2. The van der Waals surface area contributed by atoms with Crippen molar-refractivity contribution in [2.24, 2.45) is 0 Å². The van der Waals surface area contributed by atoms with Gasteiger partial charge in [0, 0.05) is 36.4 Å². The Kier molecular flexibility index (Phi) is 10.3. The Hall–Kier alpha value is -2.59. The number of allylic oxidation sites excluding steroid dienone is 1. The van der Waals surface area contributed by atoms with Crippen LogP contribution in [-0.2, 0) is 6.54 Å². The number of ether oxygens (including phenoxy) is 1. The zero-order chi connectivity index (χ0) is 22.6. The standard InChI is InChI=1S/C27H38N2O2/c1-6-8-17-29(18-9-7-2)25-12-10-11-22(19-25)13-15-26(30)23-14-16-27(31-5)24(20-23)21-28(3)4/h10-16,19-20H,6-9,17-18,21H2,1-5H3. The van der Waals surface area contributed by atoms with Crippen LogP contribution in [0.3, 0.4) is 0 Å². The molecule has 0 spiro atoms. The van der Waals surface area contributed by atoms with Gasteiger partial charge in [0.05, 0.1) is 7.11 Å². The largest absolute Gasteiger partial charge is 0.496 e. The van der Waals surface area contributed by atoms with Crippen molar-refractivity contribution < 1.29 is 9.53 Å². The molecule has 0 amide bonds. The monoisotopic (exact) mass is 422 g/mol. The van der Waals surface area contributed by atoms with E-state index in [1.165, 1.54) is 31.4 Å². The van der Waals surface area contributed by atoms with E-state index >= 15 is 0 Å². The van der Waals surface area contributed by atoms with Crippen LogP contribution in [0.25, 0.3) is 6.08 Å². The van der Waals surface area contributed by atoms with Crippen LogP contribution in [0.1, 0.15) is 61.0 Å². The minimum Gasteiger partial charge on any atom is -0.496 e. The van der Waals surface area contributed by atoms with E-state index in [4.69, 9.17) is 4.74 Å². The van der Waals surface area contributed by atoms with Crippen LogP contribution in [0.4, 0.5) is 5.69 Å². The molecule has 168 valence electrons. The topological polar surface area (TPSA) is 32.8 Å². The zero-order valence-corrected chi connectivity index (χ0v) is 19.9. The van der Waals surface area contributed by atoms with Crippen LogP contribution in [0.5, 0.6) is 5.75 Å². The number of nitrogens with zero attached hydrogens (tertiary/aromatic N) is 2. The lowest BCUT2D eigenvalue weighted by molar-refractivity contribution is 0.104. The molecule has 0 aliphatic rings. The van der Waals surface area contributed by atoms with Gasteiger partial charge in [0.25, 0.3) is 0 Å². The Labute approximate surface area is 188 Å². The highest BCUT2D eigenvalue weighted by Gasteiger charge is 2.10. The molecular weight excluding hydrogens is 384 g/mol. The second-order valence-electron chi connectivity index (χ2n) is 8.25. The molecule has 0 aromatic heterocycles. The number of methoxy groups -OCH3 is 1. The normalized spacial score (nSPS) is 11.3. The second kappa shape index (κ2) is 13.0. The molecule has 0 atom stereocenters. The maximum atomic E-state index is 12.8. The molecule has 4 heteroatoms. The molecule has 4 nitrogen and oxygen atoms in total. The quantitative estimate of drug-likeness (QED) is 0.290. The number of hydrogen-bond donors (Lipinski definition) is 0. The smallest absolute Gasteiger partial charge is 0.185 e. The average Bonchev–Trinajstić information content (AvgIpc) is 2.77. The Morgan fingerprint density at radius 1 is 1.00 bits per heavy atom. The van der Waals surface area contributed by atoms with Gasteiger partial charge in [-0.2, -0.15) is 0 Å². The molecule has 0 N–H and O–H groups in total. The number of anilines is 1. The summed E-state index contributed by atoms with van der Waals surface area (Å²) in [5, 5.41) is 0. The van der Waals surface area contributed by atoms with Gasteiger partial charge in [0.1, 0.15) is 5.75 Å². The highest BCUT2D eigenvalue weighted by atomic mass is 16.5. The van der Waals surface area contributed by atoms with Crippen LogP contribution in [0.15, 0.2) is 48.5 Å². The number of rotatable bonds is 13. The third-order valence-corrected chi connectivity index (χ3v) is 5.28. The van der Waals surface area contributed by atoms with Crippen molar-refractivity contribution in [3.05, 3.63) is 65.2 Å². The number of benzene rings is 2. The summed E-state index contributed by atoms with van der Waals surface area (Å²) in [7, 11) is 5.67. The molecule has 0 bridgehead atoms. The molecule has 31 heavy (non-hydrogen) atoms.